The van der Waals surface area contributed by atoms with Gasteiger partial charge in [0.1, 0.15) is 0 Å². The molecule has 5 nitrogen and oxygen atoms in total. The maximum atomic E-state index is 12.8. The van der Waals surface area contributed by atoms with Crippen molar-refractivity contribution in [2.24, 2.45) is 5.41 Å². The van der Waals surface area contributed by atoms with E-state index in [4.69, 9.17) is 9.47 Å². The molecule has 0 radical (unpaired) electrons. The van der Waals surface area contributed by atoms with Gasteiger partial charge in [0.05, 0.1) is 13.7 Å². The first kappa shape index (κ1) is 18.5. The zero-order chi connectivity index (χ0) is 18.9. The molecule has 0 spiro atoms. The van der Waals surface area contributed by atoms with Crippen LogP contribution in [0, 0.1) is 5.41 Å². The Morgan fingerprint density at radius 2 is 1.96 bits per heavy atom. The molecule has 1 aliphatic heterocycles. The first-order chi connectivity index (χ1) is 12.3. The number of nitrogens with one attached hydrogen (secondary N) is 1. The van der Waals surface area contributed by atoms with E-state index in [1.807, 2.05) is 25.1 Å². The molecule has 0 saturated carbocycles. The lowest BCUT2D eigenvalue weighted by atomic mass is 9.70. The maximum absolute atomic E-state index is 12.8. The number of methoxy groups -OCH3 is 1. The van der Waals surface area contributed by atoms with E-state index in [0.29, 0.717) is 30.9 Å². The molecule has 0 bridgehead atoms. The molecule has 26 heavy (non-hydrogen) atoms. The number of carbonyl (C=O) groups is 2. The van der Waals surface area contributed by atoms with Crippen LogP contribution in [-0.2, 0) is 9.59 Å². The molecule has 1 atom stereocenters. The fourth-order valence-electron chi connectivity index (χ4n) is 3.87. The van der Waals surface area contributed by atoms with Crippen LogP contribution < -0.4 is 14.8 Å². The van der Waals surface area contributed by atoms with E-state index in [0.717, 1.165) is 23.3 Å². The van der Waals surface area contributed by atoms with E-state index in [2.05, 4.69) is 19.2 Å². The van der Waals surface area contributed by atoms with Gasteiger partial charge in [-0.1, -0.05) is 26.8 Å². The molecule has 1 N–H and O–H groups in total. The summed E-state index contributed by atoms with van der Waals surface area (Å²) in [5.74, 6) is 1.18. The van der Waals surface area contributed by atoms with E-state index >= 15 is 0 Å². The highest BCUT2D eigenvalue weighted by Gasteiger charge is 2.40. The van der Waals surface area contributed by atoms with Gasteiger partial charge in [-0.3, -0.25) is 9.59 Å². The third-order valence-electron chi connectivity index (χ3n) is 5.00. The normalized spacial score (nSPS) is 21.9. The first-order valence-electron chi connectivity index (χ1n) is 9.21. The Bertz CT molecular complexity index is 763. The van der Waals surface area contributed by atoms with Gasteiger partial charge in [0.25, 0.3) is 0 Å². The van der Waals surface area contributed by atoms with E-state index in [1.165, 1.54) is 0 Å². The fourth-order valence-corrected chi connectivity index (χ4v) is 3.87. The number of rotatable bonds is 5. The molecule has 3 rings (SSSR count). The molecule has 1 unspecified atom stereocenters. The van der Waals surface area contributed by atoms with E-state index in [9.17, 15) is 9.59 Å². The highest BCUT2D eigenvalue weighted by molar-refractivity contribution is 6.02. The molecular formula is C21H27NO4. The van der Waals surface area contributed by atoms with Crippen LogP contribution in [0.3, 0.4) is 0 Å². The minimum absolute atomic E-state index is 0.0375. The summed E-state index contributed by atoms with van der Waals surface area (Å²) >= 11 is 0. The molecule has 1 amide bonds. The monoisotopic (exact) mass is 357 g/mol. The number of ketones is 1. The smallest absolute Gasteiger partial charge is 0.225 e. The first-order valence-corrected chi connectivity index (χ1v) is 9.21. The second kappa shape index (κ2) is 7.14. The van der Waals surface area contributed by atoms with E-state index in [-0.39, 0.29) is 29.4 Å². The summed E-state index contributed by atoms with van der Waals surface area (Å²) in [5, 5.41) is 2.94. The molecule has 1 aliphatic carbocycles. The van der Waals surface area contributed by atoms with Crippen molar-refractivity contribution >= 4 is 11.7 Å². The SMILES string of the molecule is CCCOc1ccc(C2CC(=O)NC3=C2C(=O)CC(C)(C)C3)cc1OC. The predicted molar refractivity (Wildman–Crippen MR) is 99.3 cm³/mol. The van der Waals surface area contributed by atoms with Crippen LogP contribution in [0.5, 0.6) is 11.5 Å². The van der Waals surface area contributed by atoms with Crippen molar-refractivity contribution in [1.82, 2.24) is 5.32 Å². The van der Waals surface area contributed by atoms with Gasteiger partial charge in [0.15, 0.2) is 17.3 Å². The largest absolute Gasteiger partial charge is 0.493 e. The summed E-state index contributed by atoms with van der Waals surface area (Å²) in [6, 6.07) is 5.70. The van der Waals surface area contributed by atoms with Crippen molar-refractivity contribution < 1.29 is 19.1 Å². The third kappa shape index (κ3) is 3.62. The molecule has 1 heterocycles. The number of benzene rings is 1. The summed E-state index contributed by atoms with van der Waals surface area (Å²) in [7, 11) is 1.60. The second-order valence-corrected chi connectivity index (χ2v) is 7.90. The third-order valence-corrected chi connectivity index (χ3v) is 5.00. The van der Waals surface area contributed by atoms with Crippen LogP contribution in [0.4, 0.5) is 0 Å². The molecule has 140 valence electrons. The van der Waals surface area contributed by atoms with Gasteiger partial charge in [-0.25, -0.2) is 0 Å². The van der Waals surface area contributed by atoms with E-state index in [1.54, 1.807) is 7.11 Å². The number of carbonyl (C=O) groups excluding carboxylic acids is 2. The van der Waals surface area contributed by atoms with Gasteiger partial charge in [0, 0.05) is 30.0 Å². The van der Waals surface area contributed by atoms with Crippen molar-refractivity contribution in [1.29, 1.82) is 0 Å². The fraction of sp³-hybridized carbons (Fsp3) is 0.524. The predicted octanol–water partition coefficient (Wildman–Crippen LogP) is 3.73. The van der Waals surface area contributed by atoms with Crippen LogP contribution in [0.15, 0.2) is 29.5 Å². The van der Waals surface area contributed by atoms with Gasteiger partial charge in [0.2, 0.25) is 5.91 Å². The number of ether oxygens (including phenoxy) is 2. The van der Waals surface area contributed by atoms with Crippen LogP contribution in [0.2, 0.25) is 0 Å². The van der Waals surface area contributed by atoms with Gasteiger partial charge in [-0.05, 0) is 36.0 Å². The van der Waals surface area contributed by atoms with Crippen LogP contribution >= 0.6 is 0 Å². The number of allylic oxidation sites excluding steroid dienone is 2. The summed E-state index contributed by atoms with van der Waals surface area (Å²) in [5.41, 5.74) is 2.34. The van der Waals surface area contributed by atoms with Crippen molar-refractivity contribution in [3.8, 4) is 11.5 Å². The molecule has 1 aromatic carbocycles. The Hall–Kier alpha value is -2.30. The standard InChI is InChI=1S/C21H27NO4/c1-5-8-26-17-7-6-13(9-18(17)25-4)14-10-19(24)22-15-11-21(2,3)12-16(23)20(14)15/h6-7,9,14H,5,8,10-12H2,1-4H3,(H,22,24). The number of Topliss-reactive ketones (excluding diaryl/α,β-unsaturated/α-hetero) is 1. The maximum Gasteiger partial charge on any atom is 0.225 e. The molecule has 0 aromatic heterocycles. The molecule has 1 aromatic rings. The number of amides is 1. The van der Waals surface area contributed by atoms with Crippen LogP contribution in [0.25, 0.3) is 0 Å². The lowest BCUT2D eigenvalue weighted by Gasteiger charge is -2.37. The topological polar surface area (TPSA) is 64.6 Å². The van der Waals surface area contributed by atoms with Gasteiger partial charge in [-0.2, -0.15) is 0 Å². The van der Waals surface area contributed by atoms with Crippen molar-refractivity contribution in [3.05, 3.63) is 35.0 Å². The highest BCUT2D eigenvalue weighted by Crippen LogP contribution is 2.45. The molecule has 5 heteroatoms. The Morgan fingerprint density at radius 1 is 1.19 bits per heavy atom. The molecular weight excluding hydrogens is 330 g/mol. The van der Waals surface area contributed by atoms with Gasteiger partial charge < -0.3 is 14.8 Å². The summed E-state index contributed by atoms with van der Waals surface area (Å²) in [4.78, 5) is 25.1. The molecule has 2 aliphatic rings. The quantitative estimate of drug-likeness (QED) is 0.872. The average Bonchev–Trinajstić information content (AvgIpc) is 2.57. The zero-order valence-corrected chi connectivity index (χ0v) is 16.0. The summed E-state index contributed by atoms with van der Waals surface area (Å²) in [6.45, 7) is 6.79. The lowest BCUT2D eigenvalue weighted by Crippen LogP contribution is -2.40. The number of hydrogen-bond donors (Lipinski definition) is 1. The van der Waals surface area contributed by atoms with E-state index < -0.39 is 0 Å². The summed E-state index contributed by atoms with van der Waals surface area (Å²) in [6.07, 6.45) is 2.41. The molecule has 0 fully saturated rings. The summed E-state index contributed by atoms with van der Waals surface area (Å²) < 4.78 is 11.2. The Balaban J connectivity index is 1.99. The Morgan fingerprint density at radius 3 is 2.65 bits per heavy atom. The van der Waals surface area contributed by atoms with Crippen molar-refractivity contribution in [2.75, 3.05) is 13.7 Å². The van der Waals surface area contributed by atoms with Crippen LogP contribution in [0.1, 0.15) is 57.9 Å². The van der Waals surface area contributed by atoms with Gasteiger partial charge in [-0.15, -0.1) is 0 Å². The minimum atomic E-state index is -0.225. The Labute approximate surface area is 154 Å². The minimum Gasteiger partial charge on any atom is -0.493 e. The zero-order valence-electron chi connectivity index (χ0n) is 16.0. The van der Waals surface area contributed by atoms with Crippen molar-refractivity contribution in [2.45, 2.75) is 52.4 Å². The Kier molecular flexibility index (Phi) is 5.08. The van der Waals surface area contributed by atoms with Crippen LogP contribution in [-0.4, -0.2) is 25.4 Å². The average molecular weight is 357 g/mol. The second-order valence-electron chi connectivity index (χ2n) is 7.90. The highest BCUT2D eigenvalue weighted by atomic mass is 16.5. The lowest BCUT2D eigenvalue weighted by molar-refractivity contribution is -0.122. The van der Waals surface area contributed by atoms with Crippen molar-refractivity contribution in [3.63, 3.8) is 0 Å². The number of hydrogen-bond acceptors (Lipinski definition) is 4. The molecule has 0 saturated heterocycles. The van der Waals surface area contributed by atoms with Gasteiger partial charge >= 0.3 is 0 Å².